The Labute approximate surface area is 206 Å². The fourth-order valence-electron chi connectivity index (χ4n) is 3.12. The minimum Gasteiger partial charge on any atom is -0.489 e. The van der Waals surface area contributed by atoms with Gasteiger partial charge in [-0.25, -0.2) is 4.79 Å². The molecule has 1 atom stereocenters. The van der Waals surface area contributed by atoms with Crippen LogP contribution in [0, 0.1) is 0 Å². The number of ether oxygens (including phenoxy) is 1. The molecule has 0 saturated carbocycles. The first-order chi connectivity index (χ1) is 16.4. The maximum atomic E-state index is 12.7. The molecule has 2 N–H and O–H groups in total. The Bertz CT molecular complexity index is 1150. The molecule has 0 saturated heterocycles. The van der Waals surface area contributed by atoms with Crippen LogP contribution >= 0.6 is 23.2 Å². The van der Waals surface area contributed by atoms with E-state index in [-0.39, 0.29) is 18.7 Å². The van der Waals surface area contributed by atoms with Crippen molar-refractivity contribution in [1.29, 1.82) is 0 Å². The molecule has 0 bridgehead atoms. The van der Waals surface area contributed by atoms with Gasteiger partial charge in [0.1, 0.15) is 25.5 Å². The number of hydrogen-bond donors (Lipinski definition) is 2. The molecule has 176 valence electrons. The SMILES string of the molecule is CON=C(C(=O)N[C@@H](Cc1ccc(OCc2c(Cl)cccc2Cl)cc1)C(=O)O)c1ccccc1. The molecule has 0 aliphatic rings. The number of amides is 1. The lowest BCUT2D eigenvalue weighted by molar-refractivity contribution is -0.141. The van der Waals surface area contributed by atoms with Crippen LogP contribution in [0.25, 0.3) is 0 Å². The van der Waals surface area contributed by atoms with Crippen molar-refractivity contribution in [2.24, 2.45) is 5.16 Å². The Morgan fingerprint density at radius 2 is 1.62 bits per heavy atom. The first kappa shape index (κ1) is 25.1. The number of rotatable bonds is 10. The monoisotopic (exact) mass is 500 g/mol. The summed E-state index contributed by atoms with van der Waals surface area (Å²) < 4.78 is 5.75. The van der Waals surface area contributed by atoms with Crippen LogP contribution in [0.1, 0.15) is 16.7 Å². The van der Waals surface area contributed by atoms with Crippen molar-refractivity contribution in [3.8, 4) is 5.75 Å². The third-order valence-corrected chi connectivity index (χ3v) is 5.56. The van der Waals surface area contributed by atoms with E-state index in [1.165, 1.54) is 7.11 Å². The highest BCUT2D eigenvalue weighted by Gasteiger charge is 2.24. The number of halogens is 2. The van der Waals surface area contributed by atoms with Crippen LogP contribution in [0.2, 0.25) is 10.0 Å². The number of nitrogens with zero attached hydrogens (tertiary/aromatic N) is 1. The van der Waals surface area contributed by atoms with E-state index in [0.29, 0.717) is 32.5 Å². The molecular weight excluding hydrogens is 479 g/mol. The van der Waals surface area contributed by atoms with Gasteiger partial charge in [-0.05, 0) is 29.8 Å². The van der Waals surface area contributed by atoms with Gasteiger partial charge in [-0.2, -0.15) is 0 Å². The van der Waals surface area contributed by atoms with Gasteiger partial charge in [0.25, 0.3) is 5.91 Å². The Balaban J connectivity index is 1.65. The number of aliphatic carboxylic acids is 1. The maximum absolute atomic E-state index is 12.7. The Morgan fingerprint density at radius 1 is 0.971 bits per heavy atom. The van der Waals surface area contributed by atoms with Gasteiger partial charge in [0.2, 0.25) is 0 Å². The van der Waals surface area contributed by atoms with Crippen LogP contribution in [0.4, 0.5) is 0 Å². The zero-order valence-electron chi connectivity index (χ0n) is 18.2. The van der Waals surface area contributed by atoms with E-state index in [2.05, 4.69) is 10.5 Å². The molecule has 0 aromatic heterocycles. The number of carboxylic acids is 1. The first-order valence-corrected chi connectivity index (χ1v) is 11.0. The Morgan fingerprint density at radius 3 is 2.21 bits per heavy atom. The molecule has 3 aromatic carbocycles. The van der Waals surface area contributed by atoms with Crippen molar-refractivity contribution >= 4 is 40.8 Å². The van der Waals surface area contributed by atoms with Crippen molar-refractivity contribution < 1.29 is 24.3 Å². The largest absolute Gasteiger partial charge is 0.489 e. The van der Waals surface area contributed by atoms with Gasteiger partial charge in [0, 0.05) is 27.6 Å². The lowest BCUT2D eigenvalue weighted by Gasteiger charge is -2.16. The number of carbonyl (C=O) groups excluding carboxylic acids is 1. The predicted octanol–water partition coefficient (Wildman–Crippen LogP) is 4.74. The summed E-state index contributed by atoms with van der Waals surface area (Å²) in [5, 5.41) is 16.9. The van der Waals surface area contributed by atoms with Crippen LogP contribution < -0.4 is 10.1 Å². The van der Waals surface area contributed by atoms with Crippen LogP contribution in [0.5, 0.6) is 5.75 Å². The molecule has 0 aliphatic heterocycles. The summed E-state index contributed by atoms with van der Waals surface area (Å²) in [5.74, 6) is -1.27. The highest BCUT2D eigenvalue weighted by atomic mass is 35.5. The van der Waals surface area contributed by atoms with Crippen molar-refractivity contribution in [3.63, 3.8) is 0 Å². The summed E-state index contributed by atoms with van der Waals surface area (Å²) in [6.07, 6.45) is 0.0622. The van der Waals surface area contributed by atoms with Crippen LogP contribution in [0.3, 0.4) is 0 Å². The molecular formula is C25H22Cl2N2O5. The van der Waals surface area contributed by atoms with Crippen molar-refractivity contribution in [1.82, 2.24) is 5.32 Å². The zero-order valence-corrected chi connectivity index (χ0v) is 19.7. The van der Waals surface area contributed by atoms with Crippen LogP contribution in [0.15, 0.2) is 78.0 Å². The summed E-state index contributed by atoms with van der Waals surface area (Å²) in [7, 11) is 1.31. The smallest absolute Gasteiger partial charge is 0.326 e. The maximum Gasteiger partial charge on any atom is 0.326 e. The summed E-state index contributed by atoms with van der Waals surface area (Å²) in [5.41, 5.74) is 1.86. The third kappa shape index (κ3) is 6.73. The van der Waals surface area contributed by atoms with E-state index in [0.717, 1.165) is 0 Å². The van der Waals surface area contributed by atoms with Gasteiger partial charge in [0.05, 0.1) is 0 Å². The van der Waals surface area contributed by atoms with Gasteiger partial charge in [-0.15, -0.1) is 0 Å². The molecule has 0 unspecified atom stereocenters. The van der Waals surface area contributed by atoms with Gasteiger partial charge in [-0.3, -0.25) is 4.79 Å². The molecule has 9 heteroatoms. The average Bonchev–Trinajstić information content (AvgIpc) is 2.83. The lowest BCUT2D eigenvalue weighted by atomic mass is 10.0. The van der Waals surface area contributed by atoms with Gasteiger partial charge in [0.15, 0.2) is 5.71 Å². The Kier molecular flexibility index (Phi) is 8.90. The minimum absolute atomic E-state index is 0.0173. The topological polar surface area (TPSA) is 97.2 Å². The van der Waals surface area contributed by atoms with E-state index in [1.54, 1.807) is 72.8 Å². The normalized spacial score (nSPS) is 12.0. The fraction of sp³-hybridized carbons (Fsp3) is 0.160. The molecule has 34 heavy (non-hydrogen) atoms. The van der Waals surface area contributed by atoms with Gasteiger partial charge >= 0.3 is 5.97 Å². The van der Waals surface area contributed by atoms with Crippen LogP contribution in [-0.4, -0.2) is 35.8 Å². The molecule has 0 spiro atoms. The van der Waals surface area contributed by atoms with E-state index in [4.69, 9.17) is 32.8 Å². The number of nitrogens with one attached hydrogen (secondary N) is 1. The van der Waals surface area contributed by atoms with Crippen molar-refractivity contribution in [2.75, 3.05) is 7.11 Å². The van der Waals surface area contributed by atoms with Crippen LogP contribution in [-0.2, 0) is 27.5 Å². The molecule has 1 amide bonds. The quantitative estimate of drug-likeness (QED) is 0.309. The average molecular weight is 501 g/mol. The molecule has 3 aromatic rings. The third-order valence-electron chi connectivity index (χ3n) is 4.86. The van der Waals surface area contributed by atoms with E-state index in [1.807, 2.05) is 0 Å². The lowest BCUT2D eigenvalue weighted by Crippen LogP contribution is -2.45. The van der Waals surface area contributed by atoms with E-state index in [9.17, 15) is 14.7 Å². The number of benzene rings is 3. The summed E-state index contributed by atoms with van der Waals surface area (Å²) in [6.45, 7) is 0.187. The van der Waals surface area contributed by atoms with Gasteiger partial charge in [-0.1, -0.05) is 76.9 Å². The second kappa shape index (κ2) is 12.1. The second-order valence-electron chi connectivity index (χ2n) is 7.19. The Hall–Kier alpha value is -3.55. The second-order valence-corrected chi connectivity index (χ2v) is 8.00. The molecule has 0 heterocycles. The standard InChI is InChI=1S/C25H22Cl2N2O5/c1-33-29-23(17-6-3-2-4-7-17)24(30)28-22(25(31)32)14-16-10-12-18(13-11-16)34-15-19-20(26)8-5-9-21(19)27/h2-13,22H,14-15H2,1H3,(H,28,30)(H,31,32)/t22-/m0/s1. The summed E-state index contributed by atoms with van der Waals surface area (Å²) in [6, 6.07) is 19.6. The molecule has 0 aliphatic carbocycles. The highest BCUT2D eigenvalue weighted by molar-refractivity contribution is 6.45. The van der Waals surface area contributed by atoms with Gasteiger partial charge < -0.3 is 20.0 Å². The number of hydrogen-bond acceptors (Lipinski definition) is 5. The summed E-state index contributed by atoms with van der Waals surface area (Å²) in [4.78, 5) is 29.3. The minimum atomic E-state index is -1.17. The number of oxime groups is 1. The van der Waals surface area contributed by atoms with E-state index >= 15 is 0 Å². The highest BCUT2D eigenvalue weighted by Crippen LogP contribution is 2.26. The van der Waals surface area contributed by atoms with Crippen molar-refractivity contribution in [2.45, 2.75) is 19.1 Å². The first-order valence-electron chi connectivity index (χ1n) is 10.2. The predicted molar refractivity (Wildman–Crippen MR) is 130 cm³/mol. The molecule has 0 radical (unpaired) electrons. The molecule has 7 nitrogen and oxygen atoms in total. The zero-order chi connectivity index (χ0) is 24.5. The van der Waals surface area contributed by atoms with E-state index < -0.39 is 17.9 Å². The number of carboxylic acid groups (broad SMARTS) is 1. The van der Waals surface area contributed by atoms with Crippen molar-refractivity contribution in [3.05, 3.63) is 99.5 Å². The fourth-order valence-corrected chi connectivity index (χ4v) is 3.63. The molecule has 0 fully saturated rings. The summed E-state index contributed by atoms with van der Waals surface area (Å²) >= 11 is 12.3. The molecule has 3 rings (SSSR count). The number of carbonyl (C=O) groups is 2.